The third kappa shape index (κ3) is 3.08. The molecular weight excluding hydrogens is 214 g/mol. The van der Waals surface area contributed by atoms with Crippen molar-refractivity contribution >= 4 is 5.82 Å². The highest BCUT2D eigenvalue weighted by Crippen LogP contribution is 2.26. The zero-order valence-corrected chi connectivity index (χ0v) is 10.7. The lowest BCUT2D eigenvalue weighted by molar-refractivity contribution is 0.324. The fourth-order valence-electron chi connectivity index (χ4n) is 2.35. The topological polar surface area (TPSA) is 47.0 Å². The van der Waals surface area contributed by atoms with E-state index in [0.717, 1.165) is 23.8 Å². The molecule has 1 aliphatic carbocycles. The Hall–Kier alpha value is -1.32. The monoisotopic (exact) mass is 235 g/mol. The molecule has 4 nitrogen and oxygen atoms in total. The normalized spacial score (nSPS) is 16.1. The lowest BCUT2D eigenvalue weighted by Crippen LogP contribution is -2.13. The van der Waals surface area contributed by atoms with Gasteiger partial charge < -0.3 is 10.1 Å². The summed E-state index contributed by atoms with van der Waals surface area (Å²) in [6.45, 7) is 5.62. The van der Waals surface area contributed by atoms with Crippen LogP contribution < -0.4 is 10.1 Å². The van der Waals surface area contributed by atoms with Crippen LogP contribution >= 0.6 is 0 Å². The smallest absolute Gasteiger partial charge is 0.221 e. The standard InChI is InChI=1S/C13H21N3O/c1-3-17-13-10(2)12(15-9-16-13)14-8-11-6-4-5-7-11/h9,11H,3-8H2,1-2H3,(H,14,15,16). The van der Waals surface area contributed by atoms with Crippen molar-refractivity contribution in [3.63, 3.8) is 0 Å². The van der Waals surface area contributed by atoms with Crippen molar-refractivity contribution in [1.29, 1.82) is 0 Å². The Kier molecular flexibility index (Phi) is 4.18. The molecule has 1 aromatic rings. The molecule has 1 heterocycles. The average Bonchev–Trinajstić information content (AvgIpc) is 2.83. The maximum atomic E-state index is 5.46. The van der Waals surface area contributed by atoms with Gasteiger partial charge in [0.15, 0.2) is 0 Å². The molecule has 4 heteroatoms. The Morgan fingerprint density at radius 1 is 1.35 bits per heavy atom. The summed E-state index contributed by atoms with van der Waals surface area (Å²) in [5, 5.41) is 3.42. The van der Waals surface area contributed by atoms with E-state index in [4.69, 9.17) is 4.74 Å². The van der Waals surface area contributed by atoms with E-state index < -0.39 is 0 Å². The van der Waals surface area contributed by atoms with Gasteiger partial charge in [0.2, 0.25) is 5.88 Å². The highest BCUT2D eigenvalue weighted by Gasteiger charge is 2.15. The van der Waals surface area contributed by atoms with Gasteiger partial charge in [0.25, 0.3) is 0 Å². The summed E-state index contributed by atoms with van der Waals surface area (Å²) >= 11 is 0. The van der Waals surface area contributed by atoms with Gasteiger partial charge in [0, 0.05) is 6.54 Å². The number of nitrogens with zero attached hydrogens (tertiary/aromatic N) is 2. The third-order valence-electron chi connectivity index (χ3n) is 3.35. The molecule has 2 rings (SSSR count). The van der Waals surface area contributed by atoms with Crippen LogP contribution in [0.4, 0.5) is 5.82 Å². The number of anilines is 1. The van der Waals surface area contributed by atoms with Crippen LogP contribution in [0.2, 0.25) is 0 Å². The van der Waals surface area contributed by atoms with E-state index in [0.29, 0.717) is 12.5 Å². The van der Waals surface area contributed by atoms with Gasteiger partial charge in [0.1, 0.15) is 12.1 Å². The summed E-state index contributed by atoms with van der Waals surface area (Å²) in [7, 11) is 0. The van der Waals surface area contributed by atoms with Crippen molar-refractivity contribution in [3.8, 4) is 5.88 Å². The summed E-state index contributed by atoms with van der Waals surface area (Å²) in [6, 6.07) is 0. The number of hydrogen-bond donors (Lipinski definition) is 1. The van der Waals surface area contributed by atoms with E-state index in [1.807, 2.05) is 13.8 Å². The largest absolute Gasteiger partial charge is 0.478 e. The molecule has 1 N–H and O–H groups in total. The molecule has 17 heavy (non-hydrogen) atoms. The molecule has 0 aliphatic heterocycles. The molecule has 0 unspecified atom stereocenters. The van der Waals surface area contributed by atoms with E-state index in [1.54, 1.807) is 6.33 Å². The van der Waals surface area contributed by atoms with Crippen LogP contribution in [0.5, 0.6) is 5.88 Å². The van der Waals surface area contributed by atoms with Crippen molar-refractivity contribution in [1.82, 2.24) is 9.97 Å². The minimum atomic E-state index is 0.639. The molecule has 94 valence electrons. The van der Waals surface area contributed by atoms with E-state index in [1.165, 1.54) is 25.7 Å². The minimum absolute atomic E-state index is 0.639. The molecule has 1 aliphatic rings. The fraction of sp³-hybridized carbons (Fsp3) is 0.692. The minimum Gasteiger partial charge on any atom is -0.478 e. The molecule has 0 radical (unpaired) electrons. The quantitative estimate of drug-likeness (QED) is 0.852. The first-order valence-electron chi connectivity index (χ1n) is 6.49. The maximum Gasteiger partial charge on any atom is 0.221 e. The first-order valence-corrected chi connectivity index (χ1v) is 6.49. The third-order valence-corrected chi connectivity index (χ3v) is 3.35. The summed E-state index contributed by atoms with van der Waals surface area (Å²) in [6.07, 6.45) is 7.00. The Labute approximate surface area is 103 Å². The number of rotatable bonds is 5. The lowest BCUT2D eigenvalue weighted by atomic mass is 10.1. The number of hydrogen-bond acceptors (Lipinski definition) is 4. The SMILES string of the molecule is CCOc1ncnc(NCC2CCCC2)c1C. The van der Waals surface area contributed by atoms with Crippen LogP contribution in [0.1, 0.15) is 38.2 Å². The molecule has 0 saturated heterocycles. The lowest BCUT2D eigenvalue weighted by Gasteiger charge is -2.14. The van der Waals surface area contributed by atoms with Gasteiger partial charge in [-0.25, -0.2) is 9.97 Å². The van der Waals surface area contributed by atoms with Gasteiger partial charge >= 0.3 is 0 Å². The zero-order chi connectivity index (χ0) is 12.1. The fourth-order valence-corrected chi connectivity index (χ4v) is 2.35. The first kappa shape index (κ1) is 12.1. The van der Waals surface area contributed by atoms with Crippen LogP contribution in [-0.2, 0) is 0 Å². The summed E-state index contributed by atoms with van der Waals surface area (Å²) in [5.74, 6) is 2.41. The highest BCUT2D eigenvalue weighted by molar-refractivity contribution is 5.47. The van der Waals surface area contributed by atoms with Crippen LogP contribution in [0, 0.1) is 12.8 Å². The molecule has 1 fully saturated rings. The second kappa shape index (κ2) is 5.84. The van der Waals surface area contributed by atoms with Crippen LogP contribution in [0.3, 0.4) is 0 Å². The Morgan fingerprint density at radius 2 is 2.12 bits per heavy atom. The van der Waals surface area contributed by atoms with Crippen molar-refractivity contribution < 1.29 is 4.74 Å². The van der Waals surface area contributed by atoms with Gasteiger partial charge in [0.05, 0.1) is 12.2 Å². The van der Waals surface area contributed by atoms with Crippen LogP contribution in [0.15, 0.2) is 6.33 Å². The molecule has 0 amide bonds. The van der Waals surface area contributed by atoms with Crippen molar-refractivity contribution in [2.24, 2.45) is 5.92 Å². The Bertz CT molecular complexity index is 362. The summed E-state index contributed by atoms with van der Waals surface area (Å²) in [4.78, 5) is 8.42. The molecule has 0 bridgehead atoms. The average molecular weight is 235 g/mol. The van der Waals surface area contributed by atoms with Gasteiger partial charge in [-0.1, -0.05) is 12.8 Å². The van der Waals surface area contributed by atoms with Crippen LogP contribution in [-0.4, -0.2) is 23.1 Å². The molecule has 1 aromatic heterocycles. The molecular formula is C13H21N3O. The van der Waals surface area contributed by atoms with Crippen molar-refractivity contribution in [2.45, 2.75) is 39.5 Å². The summed E-state index contributed by atoms with van der Waals surface area (Å²) in [5.41, 5.74) is 1.01. The predicted molar refractivity (Wildman–Crippen MR) is 68.4 cm³/mol. The maximum absolute atomic E-state index is 5.46. The first-order chi connectivity index (χ1) is 8.31. The van der Waals surface area contributed by atoms with Gasteiger partial charge in [-0.05, 0) is 32.6 Å². The number of ether oxygens (including phenoxy) is 1. The highest BCUT2D eigenvalue weighted by atomic mass is 16.5. The van der Waals surface area contributed by atoms with E-state index >= 15 is 0 Å². The Morgan fingerprint density at radius 3 is 2.82 bits per heavy atom. The van der Waals surface area contributed by atoms with Gasteiger partial charge in [-0.2, -0.15) is 0 Å². The zero-order valence-electron chi connectivity index (χ0n) is 10.7. The van der Waals surface area contributed by atoms with Gasteiger partial charge in [-0.15, -0.1) is 0 Å². The second-order valence-electron chi connectivity index (χ2n) is 4.62. The molecule has 0 aromatic carbocycles. The second-order valence-corrected chi connectivity index (χ2v) is 4.62. The van der Waals surface area contributed by atoms with Crippen molar-refractivity contribution in [3.05, 3.63) is 11.9 Å². The molecule has 0 spiro atoms. The Balaban J connectivity index is 1.97. The van der Waals surface area contributed by atoms with E-state index in [9.17, 15) is 0 Å². The van der Waals surface area contributed by atoms with Gasteiger partial charge in [-0.3, -0.25) is 0 Å². The molecule has 1 saturated carbocycles. The number of nitrogens with one attached hydrogen (secondary N) is 1. The molecule has 0 atom stereocenters. The summed E-state index contributed by atoms with van der Waals surface area (Å²) < 4.78 is 5.46. The van der Waals surface area contributed by atoms with E-state index in [-0.39, 0.29) is 0 Å². The van der Waals surface area contributed by atoms with Crippen LogP contribution in [0.25, 0.3) is 0 Å². The van der Waals surface area contributed by atoms with Crippen molar-refractivity contribution in [2.75, 3.05) is 18.5 Å². The number of aromatic nitrogens is 2. The van der Waals surface area contributed by atoms with E-state index in [2.05, 4.69) is 15.3 Å². The predicted octanol–water partition coefficient (Wildman–Crippen LogP) is 2.79.